The summed E-state index contributed by atoms with van der Waals surface area (Å²) < 4.78 is 2.40. The Hall–Kier alpha value is -6.58. The van der Waals surface area contributed by atoms with Gasteiger partial charge in [0.05, 0.1) is 22.4 Å². The van der Waals surface area contributed by atoms with Crippen LogP contribution < -0.4 is 0 Å². The van der Waals surface area contributed by atoms with E-state index < -0.39 is 0 Å². The molecule has 0 fully saturated rings. The minimum absolute atomic E-state index is 0.714. The highest BCUT2D eigenvalue weighted by Crippen LogP contribution is 2.39. The van der Waals surface area contributed by atoms with Gasteiger partial charge in [-0.2, -0.15) is 0 Å². The van der Waals surface area contributed by atoms with Gasteiger partial charge in [-0.15, -0.1) is 0 Å². The van der Waals surface area contributed by atoms with Crippen LogP contribution in [0.5, 0.6) is 0 Å². The van der Waals surface area contributed by atoms with E-state index in [0.29, 0.717) is 5.82 Å². The Morgan fingerprint density at radius 1 is 0.327 bits per heavy atom. The lowest BCUT2D eigenvalue weighted by atomic mass is 9.96. The SMILES string of the molecule is c1ccc(-c2cc(-c3cccc(-n4c5ccccc5c5cc6c(ccc7c8ccccc8ccc67)cc54)c3)nc(-c3ccccc3)n2)cc1. The fourth-order valence-corrected chi connectivity index (χ4v) is 7.44. The topological polar surface area (TPSA) is 30.7 Å². The summed E-state index contributed by atoms with van der Waals surface area (Å²) in [6.45, 7) is 0. The molecule has 0 radical (unpaired) electrons. The highest BCUT2D eigenvalue weighted by atomic mass is 15.0. The van der Waals surface area contributed by atoms with E-state index in [1.807, 2.05) is 24.3 Å². The number of aromatic nitrogens is 3. The average molecular weight is 624 g/mol. The van der Waals surface area contributed by atoms with Crippen molar-refractivity contribution in [2.75, 3.05) is 0 Å². The van der Waals surface area contributed by atoms with Crippen molar-refractivity contribution < 1.29 is 0 Å². The molecular formula is C46H29N3. The van der Waals surface area contributed by atoms with Crippen molar-refractivity contribution in [3.63, 3.8) is 0 Å². The number of rotatable bonds is 4. The largest absolute Gasteiger partial charge is 0.309 e. The lowest BCUT2D eigenvalue weighted by Gasteiger charge is -2.13. The Morgan fingerprint density at radius 2 is 0.959 bits per heavy atom. The molecule has 49 heavy (non-hydrogen) atoms. The van der Waals surface area contributed by atoms with Gasteiger partial charge in [0.15, 0.2) is 5.82 Å². The van der Waals surface area contributed by atoms with Crippen molar-refractivity contribution in [3.05, 3.63) is 176 Å². The molecule has 0 spiro atoms. The summed E-state index contributed by atoms with van der Waals surface area (Å²) in [6.07, 6.45) is 0. The van der Waals surface area contributed by atoms with Crippen LogP contribution in [0.2, 0.25) is 0 Å². The Labute approximate surface area is 283 Å². The number of nitrogens with zero attached hydrogens (tertiary/aromatic N) is 3. The highest BCUT2D eigenvalue weighted by molar-refractivity contribution is 6.22. The van der Waals surface area contributed by atoms with Gasteiger partial charge in [0.2, 0.25) is 0 Å². The Morgan fingerprint density at radius 3 is 1.78 bits per heavy atom. The minimum atomic E-state index is 0.714. The second-order valence-corrected chi connectivity index (χ2v) is 12.6. The van der Waals surface area contributed by atoms with E-state index in [1.165, 1.54) is 54.1 Å². The average Bonchev–Trinajstić information content (AvgIpc) is 3.50. The lowest BCUT2D eigenvalue weighted by Crippen LogP contribution is -1.97. The van der Waals surface area contributed by atoms with Gasteiger partial charge in [0.1, 0.15) is 0 Å². The van der Waals surface area contributed by atoms with Crippen LogP contribution in [0.1, 0.15) is 0 Å². The third-order valence-electron chi connectivity index (χ3n) is 9.76. The van der Waals surface area contributed by atoms with E-state index in [2.05, 4.69) is 156 Å². The molecule has 10 aromatic rings. The molecule has 0 unspecified atom stereocenters. The number of benzene rings is 8. The summed E-state index contributed by atoms with van der Waals surface area (Å²) in [5.41, 5.74) is 8.34. The molecule has 0 aliphatic rings. The Balaban J connectivity index is 1.19. The molecule has 0 saturated carbocycles. The number of para-hydroxylation sites is 1. The van der Waals surface area contributed by atoms with Crippen LogP contribution in [0.25, 0.3) is 93.7 Å². The fourth-order valence-electron chi connectivity index (χ4n) is 7.44. The molecule has 0 aliphatic carbocycles. The first-order valence-corrected chi connectivity index (χ1v) is 16.7. The van der Waals surface area contributed by atoms with Crippen LogP contribution in [-0.4, -0.2) is 14.5 Å². The van der Waals surface area contributed by atoms with Crippen LogP contribution >= 0.6 is 0 Å². The smallest absolute Gasteiger partial charge is 0.160 e. The first-order valence-electron chi connectivity index (χ1n) is 16.7. The summed E-state index contributed by atoms with van der Waals surface area (Å²) >= 11 is 0. The zero-order chi connectivity index (χ0) is 32.3. The maximum atomic E-state index is 5.12. The van der Waals surface area contributed by atoms with Crippen LogP contribution in [-0.2, 0) is 0 Å². The predicted octanol–water partition coefficient (Wildman–Crippen LogP) is 12.0. The predicted molar refractivity (Wildman–Crippen MR) is 205 cm³/mol. The van der Waals surface area contributed by atoms with Gasteiger partial charge in [-0.3, -0.25) is 0 Å². The van der Waals surface area contributed by atoms with Crippen LogP contribution in [0, 0.1) is 0 Å². The number of hydrogen-bond donors (Lipinski definition) is 0. The van der Waals surface area contributed by atoms with Crippen LogP contribution in [0.15, 0.2) is 176 Å². The second-order valence-electron chi connectivity index (χ2n) is 12.6. The summed E-state index contributed by atoms with van der Waals surface area (Å²) in [6, 6.07) is 62.6. The first kappa shape index (κ1) is 27.5. The van der Waals surface area contributed by atoms with E-state index >= 15 is 0 Å². The van der Waals surface area contributed by atoms with Crippen molar-refractivity contribution in [1.29, 1.82) is 0 Å². The van der Waals surface area contributed by atoms with E-state index in [9.17, 15) is 0 Å². The molecule has 0 bridgehead atoms. The van der Waals surface area contributed by atoms with Crippen molar-refractivity contribution in [2.24, 2.45) is 0 Å². The highest BCUT2D eigenvalue weighted by Gasteiger charge is 2.16. The summed E-state index contributed by atoms with van der Waals surface area (Å²) in [4.78, 5) is 10.1. The summed E-state index contributed by atoms with van der Waals surface area (Å²) in [5, 5.41) is 10.1. The number of fused-ring (bicyclic) bond motifs is 8. The molecule has 2 heterocycles. The monoisotopic (exact) mass is 623 g/mol. The van der Waals surface area contributed by atoms with Gasteiger partial charge in [-0.25, -0.2) is 9.97 Å². The Bertz CT molecular complexity index is 2810. The summed E-state index contributed by atoms with van der Waals surface area (Å²) in [5.74, 6) is 0.714. The molecule has 228 valence electrons. The lowest BCUT2D eigenvalue weighted by molar-refractivity contribution is 1.16. The van der Waals surface area contributed by atoms with Gasteiger partial charge in [-0.05, 0) is 68.7 Å². The molecule has 10 rings (SSSR count). The van der Waals surface area contributed by atoms with E-state index in [1.54, 1.807) is 0 Å². The van der Waals surface area contributed by atoms with Gasteiger partial charge >= 0.3 is 0 Å². The molecule has 0 saturated heterocycles. The maximum Gasteiger partial charge on any atom is 0.160 e. The third-order valence-corrected chi connectivity index (χ3v) is 9.76. The summed E-state index contributed by atoms with van der Waals surface area (Å²) in [7, 11) is 0. The van der Waals surface area contributed by atoms with Crippen molar-refractivity contribution >= 4 is 54.1 Å². The molecule has 0 atom stereocenters. The maximum absolute atomic E-state index is 5.12. The van der Waals surface area contributed by atoms with Crippen LogP contribution in [0.4, 0.5) is 0 Å². The zero-order valence-electron chi connectivity index (χ0n) is 26.6. The molecule has 0 amide bonds. The van der Waals surface area contributed by atoms with Gasteiger partial charge in [0.25, 0.3) is 0 Å². The standard InChI is InChI=1S/C46H29N3/c1-3-13-31(14-4-1)42-29-43(48-46(47-42)32-15-5-2-6-16-32)34-17-11-18-35(26-34)49-44-21-10-9-20-39(44)41-28-40-33(27-45(41)49)23-25-37-36-19-8-7-12-30(36)22-24-38(37)40/h1-29H. The minimum Gasteiger partial charge on any atom is -0.309 e. The van der Waals surface area contributed by atoms with Gasteiger partial charge in [-0.1, -0.05) is 140 Å². The van der Waals surface area contributed by atoms with E-state index in [-0.39, 0.29) is 0 Å². The van der Waals surface area contributed by atoms with Crippen molar-refractivity contribution in [3.8, 4) is 39.6 Å². The molecule has 3 nitrogen and oxygen atoms in total. The molecule has 0 N–H and O–H groups in total. The van der Waals surface area contributed by atoms with Crippen molar-refractivity contribution in [2.45, 2.75) is 0 Å². The molecular weight excluding hydrogens is 595 g/mol. The first-order chi connectivity index (χ1) is 24.3. The molecule has 8 aromatic carbocycles. The van der Waals surface area contributed by atoms with Crippen LogP contribution in [0.3, 0.4) is 0 Å². The van der Waals surface area contributed by atoms with Gasteiger partial charge < -0.3 is 4.57 Å². The Kier molecular flexibility index (Phi) is 6.18. The van der Waals surface area contributed by atoms with E-state index in [4.69, 9.17) is 9.97 Å². The van der Waals surface area contributed by atoms with E-state index in [0.717, 1.165) is 33.8 Å². The van der Waals surface area contributed by atoms with Gasteiger partial charge in [0, 0.05) is 33.2 Å². The normalized spacial score (nSPS) is 11.7. The molecule has 0 aliphatic heterocycles. The number of hydrogen-bond acceptors (Lipinski definition) is 2. The second kappa shape index (κ2) is 11.0. The quantitative estimate of drug-likeness (QED) is 0.183. The third kappa shape index (κ3) is 4.51. The molecule has 2 aromatic heterocycles. The fraction of sp³-hybridized carbons (Fsp3) is 0. The van der Waals surface area contributed by atoms with Crippen molar-refractivity contribution in [1.82, 2.24) is 14.5 Å². The zero-order valence-corrected chi connectivity index (χ0v) is 26.6. The molecule has 3 heteroatoms.